The summed E-state index contributed by atoms with van der Waals surface area (Å²) in [5.41, 5.74) is -0.0782. The van der Waals surface area contributed by atoms with Crippen molar-refractivity contribution in [2.75, 3.05) is 87.5 Å². The Morgan fingerprint density at radius 2 is 1.70 bits per heavy atom. The number of aromatic nitrogens is 5. The number of piperidine rings is 1. The molecular weight excluding hydrogens is 740 g/mol. The number of hydrogen-bond donors (Lipinski definition) is 2. The summed E-state index contributed by atoms with van der Waals surface area (Å²) in [6.45, 7) is 7.33. The predicted molar refractivity (Wildman–Crippen MR) is 212 cm³/mol. The third-order valence-electron chi connectivity index (χ3n) is 12.0. The Morgan fingerprint density at radius 3 is 2.42 bits per heavy atom. The number of benzene rings is 1. The maximum atomic E-state index is 16.2. The standard InChI is InChI=1S/C39H45F2N11O5/c1-5-49-19-28(33(54)24-16-27(41)36(43-35(24)49)50-13-11-47(2)12-14-50)42-38(55)44-39-46-45-37(57-39)25-18-52(22-8-9-22)30-23(32(25)53)15-26(40)31(34(30)56-4)51-17-21-7-6-10-48(3)29(21)20-51/h15-16,18-19,21-22,29H,5-14,17,20H2,1-4H3,(H2,42,44,46,55). The monoisotopic (exact) mass is 785 g/mol. The van der Waals surface area contributed by atoms with Crippen LogP contribution in [0.2, 0.25) is 0 Å². The summed E-state index contributed by atoms with van der Waals surface area (Å²) >= 11 is 0. The second-order valence-electron chi connectivity index (χ2n) is 15.6. The maximum Gasteiger partial charge on any atom is 0.327 e. The van der Waals surface area contributed by atoms with Crippen molar-refractivity contribution in [1.82, 2.24) is 34.1 Å². The van der Waals surface area contributed by atoms with E-state index in [1.54, 1.807) is 10.8 Å². The summed E-state index contributed by atoms with van der Waals surface area (Å²) in [5.74, 6) is -0.440. The number of piperazine rings is 1. The lowest BCUT2D eigenvalue weighted by molar-refractivity contribution is 0.158. The molecule has 300 valence electrons. The molecule has 3 aliphatic heterocycles. The van der Waals surface area contributed by atoms with Gasteiger partial charge in [0.1, 0.15) is 22.6 Å². The average molecular weight is 786 g/mol. The van der Waals surface area contributed by atoms with E-state index in [9.17, 15) is 14.4 Å². The third-order valence-corrected chi connectivity index (χ3v) is 12.0. The van der Waals surface area contributed by atoms with Gasteiger partial charge in [0.25, 0.3) is 5.89 Å². The number of urea groups is 1. The lowest BCUT2D eigenvalue weighted by atomic mass is 9.93. The van der Waals surface area contributed by atoms with E-state index >= 15 is 8.78 Å². The number of halogens is 2. The summed E-state index contributed by atoms with van der Waals surface area (Å²) in [4.78, 5) is 53.8. The summed E-state index contributed by atoms with van der Waals surface area (Å²) in [6, 6.07) is 1.57. The highest BCUT2D eigenvalue weighted by Gasteiger charge is 2.40. The van der Waals surface area contributed by atoms with Crippen molar-refractivity contribution in [2.45, 2.75) is 51.2 Å². The van der Waals surface area contributed by atoms with Gasteiger partial charge in [-0.1, -0.05) is 5.10 Å². The average Bonchev–Trinajstić information content (AvgIpc) is 3.78. The SMILES string of the molecule is CCn1cc(NC(=O)Nc2nnc(-c3cn(C4CC4)c4c(OC)c(N5CC6CCCN(C)C6C5)c(F)cc4c3=O)o2)c(=O)c2cc(F)c(N3CCN(C)CC3)nc21. The molecule has 16 nitrogen and oxygen atoms in total. The first-order valence-corrected chi connectivity index (χ1v) is 19.5. The van der Waals surface area contributed by atoms with Crippen LogP contribution in [-0.2, 0) is 6.54 Å². The van der Waals surface area contributed by atoms with Gasteiger partial charge in [-0.3, -0.25) is 14.9 Å². The van der Waals surface area contributed by atoms with Crippen LogP contribution in [0.1, 0.15) is 38.6 Å². The number of amides is 2. The first-order valence-electron chi connectivity index (χ1n) is 19.5. The highest BCUT2D eigenvalue weighted by molar-refractivity contribution is 5.99. The predicted octanol–water partition coefficient (Wildman–Crippen LogP) is 4.33. The Hall–Kier alpha value is -5.62. The largest absolute Gasteiger partial charge is 0.492 e. The van der Waals surface area contributed by atoms with Crippen molar-refractivity contribution in [3.05, 3.63) is 56.6 Å². The number of anilines is 4. The molecule has 0 spiro atoms. The van der Waals surface area contributed by atoms with E-state index in [2.05, 4.69) is 47.6 Å². The number of methoxy groups -OCH3 is 1. The molecule has 7 heterocycles. The minimum absolute atomic E-state index is 0.0135. The lowest BCUT2D eigenvalue weighted by Crippen LogP contribution is -2.45. The highest BCUT2D eigenvalue weighted by Crippen LogP contribution is 2.46. The van der Waals surface area contributed by atoms with Gasteiger partial charge in [0.2, 0.25) is 10.9 Å². The number of fused-ring (bicyclic) bond motifs is 3. The van der Waals surface area contributed by atoms with E-state index in [-0.39, 0.29) is 45.8 Å². The smallest absolute Gasteiger partial charge is 0.327 e. The molecule has 2 unspecified atom stereocenters. The fourth-order valence-electron chi connectivity index (χ4n) is 8.79. The minimum atomic E-state index is -0.881. The topological polar surface area (TPSA) is 159 Å². The number of carbonyl (C=O) groups excluding carboxylic acids is 1. The maximum absolute atomic E-state index is 16.2. The summed E-state index contributed by atoms with van der Waals surface area (Å²) in [6.07, 6.45) is 6.99. The molecule has 18 heteroatoms. The number of aryl methyl sites for hydroxylation is 1. The number of nitrogens with one attached hydrogen (secondary N) is 2. The van der Waals surface area contributed by atoms with Crippen LogP contribution in [0.5, 0.6) is 5.75 Å². The number of hydrogen-bond acceptors (Lipinski definition) is 12. The van der Waals surface area contributed by atoms with E-state index in [0.29, 0.717) is 67.3 Å². The van der Waals surface area contributed by atoms with Crippen LogP contribution in [-0.4, -0.2) is 113 Å². The molecule has 2 atom stereocenters. The van der Waals surface area contributed by atoms with Crippen LogP contribution in [0.15, 0.2) is 38.5 Å². The Kier molecular flexibility index (Phi) is 9.34. The van der Waals surface area contributed by atoms with Gasteiger partial charge in [0.05, 0.1) is 23.4 Å². The molecule has 4 aliphatic rings. The van der Waals surface area contributed by atoms with Gasteiger partial charge >= 0.3 is 12.0 Å². The minimum Gasteiger partial charge on any atom is -0.492 e. The molecule has 0 bridgehead atoms. The van der Waals surface area contributed by atoms with E-state index in [1.807, 2.05) is 23.4 Å². The fraction of sp³-hybridized carbons (Fsp3) is 0.487. The zero-order chi connectivity index (χ0) is 39.7. The van der Waals surface area contributed by atoms with Gasteiger partial charge < -0.3 is 43.2 Å². The zero-order valence-electron chi connectivity index (χ0n) is 32.3. The van der Waals surface area contributed by atoms with Crippen LogP contribution < -0.4 is 36.0 Å². The molecule has 2 amide bonds. The van der Waals surface area contributed by atoms with E-state index < -0.39 is 28.5 Å². The van der Waals surface area contributed by atoms with E-state index in [4.69, 9.17) is 9.15 Å². The number of rotatable bonds is 8. The van der Waals surface area contributed by atoms with Crippen molar-refractivity contribution < 1.29 is 22.7 Å². The highest BCUT2D eigenvalue weighted by atomic mass is 19.1. The second-order valence-corrected chi connectivity index (χ2v) is 15.6. The Morgan fingerprint density at radius 1 is 0.930 bits per heavy atom. The van der Waals surface area contributed by atoms with Gasteiger partial charge in [0, 0.05) is 70.3 Å². The molecular formula is C39H45F2N11O5. The van der Waals surface area contributed by atoms with Crippen molar-refractivity contribution >= 4 is 51.2 Å². The fourth-order valence-corrected chi connectivity index (χ4v) is 8.79. The molecule has 9 rings (SSSR count). The summed E-state index contributed by atoms with van der Waals surface area (Å²) in [7, 11) is 5.62. The Labute approximate surface area is 326 Å². The molecule has 0 radical (unpaired) electrons. The molecule has 1 aromatic carbocycles. The van der Waals surface area contributed by atoms with Crippen LogP contribution in [0, 0.1) is 17.6 Å². The number of pyridine rings is 3. The number of likely N-dealkylation sites (tertiary alicyclic amines) is 1. The number of likely N-dealkylation sites (N-methyl/N-ethyl adjacent to an activating group) is 2. The summed E-state index contributed by atoms with van der Waals surface area (Å²) in [5, 5.41) is 13.0. The van der Waals surface area contributed by atoms with Gasteiger partial charge in [-0.05, 0) is 71.3 Å². The van der Waals surface area contributed by atoms with Gasteiger partial charge in [-0.15, -0.1) is 5.10 Å². The van der Waals surface area contributed by atoms with Crippen molar-refractivity contribution in [1.29, 1.82) is 0 Å². The van der Waals surface area contributed by atoms with Crippen molar-refractivity contribution in [3.63, 3.8) is 0 Å². The molecule has 1 saturated carbocycles. The van der Waals surface area contributed by atoms with Gasteiger partial charge in [-0.25, -0.2) is 18.6 Å². The molecule has 2 N–H and O–H groups in total. The number of nitrogens with zero attached hydrogens (tertiary/aromatic N) is 9. The number of ether oxygens (including phenoxy) is 1. The second kappa shape index (κ2) is 14.4. The quantitative estimate of drug-likeness (QED) is 0.230. The van der Waals surface area contributed by atoms with Gasteiger partial charge in [0.15, 0.2) is 23.2 Å². The lowest BCUT2D eigenvalue weighted by Gasteiger charge is -2.33. The first kappa shape index (κ1) is 37.0. The van der Waals surface area contributed by atoms with Crippen LogP contribution in [0.25, 0.3) is 33.4 Å². The van der Waals surface area contributed by atoms with Crippen LogP contribution in [0.4, 0.5) is 36.8 Å². The Bertz CT molecular complexity index is 2530. The normalized spacial score (nSPS) is 20.4. The van der Waals surface area contributed by atoms with Gasteiger partial charge in [-0.2, -0.15) is 0 Å². The molecule has 4 fully saturated rings. The molecule has 1 aliphatic carbocycles. The van der Waals surface area contributed by atoms with Crippen LogP contribution in [0.3, 0.4) is 0 Å². The van der Waals surface area contributed by atoms with Crippen molar-refractivity contribution in [2.24, 2.45) is 5.92 Å². The summed E-state index contributed by atoms with van der Waals surface area (Å²) < 4.78 is 46.9. The van der Waals surface area contributed by atoms with E-state index in [1.165, 1.54) is 19.4 Å². The Balaban J connectivity index is 0.990. The molecule has 5 aromatic rings. The third kappa shape index (κ3) is 6.53. The van der Waals surface area contributed by atoms with Crippen LogP contribution >= 0.6 is 0 Å². The molecule has 4 aromatic heterocycles. The first-order chi connectivity index (χ1) is 27.5. The van der Waals surface area contributed by atoms with Crippen molar-refractivity contribution in [3.8, 4) is 17.2 Å². The van der Waals surface area contributed by atoms with E-state index in [0.717, 1.165) is 51.4 Å². The molecule has 3 saturated heterocycles. The molecule has 57 heavy (non-hydrogen) atoms. The zero-order valence-corrected chi connectivity index (χ0v) is 32.3. The number of carbonyl (C=O) groups is 1.